The number of hydrogen-bond donors (Lipinski definition) is 2. The number of H-pyrrole nitrogens is 1. The summed E-state index contributed by atoms with van der Waals surface area (Å²) < 4.78 is 24.8. The number of nitrogens with one attached hydrogen (secondary N) is 2. The number of carbonyl (C=O) groups excluding carboxylic acids is 1. The van der Waals surface area contributed by atoms with Gasteiger partial charge in [0.15, 0.2) is 0 Å². The monoisotopic (exact) mass is 284 g/mol. The Hall–Kier alpha value is -1.96. The number of thioether (sulfide) groups is 1. The van der Waals surface area contributed by atoms with Gasteiger partial charge in [0.05, 0.1) is 12.1 Å². The molecule has 1 aromatic carbocycles. The summed E-state index contributed by atoms with van der Waals surface area (Å²) in [5.74, 6) is -2.50. The van der Waals surface area contributed by atoms with E-state index in [1.807, 2.05) is 0 Å². The summed E-state index contributed by atoms with van der Waals surface area (Å²) in [6.07, 6.45) is 1.32. The second-order valence-electron chi connectivity index (χ2n) is 3.49. The number of rotatable bonds is 5. The molecule has 2 aromatic rings. The molecule has 0 unspecified atom stereocenters. The van der Waals surface area contributed by atoms with Gasteiger partial charge < -0.3 is 5.32 Å². The van der Waals surface area contributed by atoms with Gasteiger partial charge in [-0.2, -0.15) is 13.9 Å². The lowest BCUT2D eigenvalue weighted by molar-refractivity contribution is 0.0947. The van der Waals surface area contributed by atoms with E-state index in [9.17, 15) is 13.6 Å². The fourth-order valence-corrected chi connectivity index (χ4v) is 2.06. The molecule has 0 saturated heterocycles. The molecule has 0 aliphatic carbocycles. The lowest BCUT2D eigenvalue weighted by Crippen LogP contribution is -2.24. The van der Waals surface area contributed by atoms with Gasteiger partial charge in [0.2, 0.25) is 0 Å². The number of carbonyl (C=O) groups is 1. The van der Waals surface area contributed by atoms with Gasteiger partial charge in [-0.05, 0) is 12.1 Å². The number of hydrogen-bond acceptors (Lipinski definition) is 4. The van der Waals surface area contributed by atoms with Crippen LogP contribution >= 0.6 is 11.8 Å². The molecular weight excluding hydrogens is 274 g/mol. The molecule has 2 rings (SSSR count). The van der Waals surface area contributed by atoms with Crippen LogP contribution in [-0.4, -0.2) is 26.8 Å². The summed E-state index contributed by atoms with van der Waals surface area (Å²) in [4.78, 5) is 16.0. The lowest BCUT2D eigenvalue weighted by Gasteiger charge is -2.08. The maximum atomic E-state index is 12.4. The molecule has 0 aliphatic heterocycles. The zero-order chi connectivity index (χ0) is 13.7. The van der Waals surface area contributed by atoms with Crippen molar-refractivity contribution in [1.29, 1.82) is 0 Å². The predicted octanol–water partition coefficient (Wildman–Crippen LogP) is 2.05. The van der Waals surface area contributed by atoms with Crippen molar-refractivity contribution in [2.24, 2.45) is 0 Å². The quantitative estimate of drug-likeness (QED) is 0.824. The van der Waals surface area contributed by atoms with E-state index in [2.05, 4.69) is 20.5 Å². The van der Waals surface area contributed by atoms with Gasteiger partial charge in [0.1, 0.15) is 12.2 Å². The highest BCUT2D eigenvalue weighted by molar-refractivity contribution is 7.99. The maximum Gasteiger partial charge on any atom is 0.288 e. The fourth-order valence-electron chi connectivity index (χ4n) is 1.43. The molecule has 2 N–H and O–H groups in total. The third kappa shape index (κ3) is 3.75. The first-order valence-electron chi connectivity index (χ1n) is 5.33. The number of alkyl halides is 2. The van der Waals surface area contributed by atoms with Crippen LogP contribution in [0.25, 0.3) is 0 Å². The zero-order valence-electron chi connectivity index (χ0n) is 9.64. The smallest absolute Gasteiger partial charge is 0.288 e. The molecule has 5 nitrogen and oxygen atoms in total. The number of nitrogens with zero attached hydrogens (tertiary/aromatic N) is 2. The molecule has 0 saturated carbocycles. The standard InChI is InChI=1S/C11H10F2N4OS/c12-11(13)19-8-4-2-1-3-7(8)10(18)14-5-9-15-6-16-17-9/h1-4,6,11H,5H2,(H,14,18)(H,15,16,17). The van der Waals surface area contributed by atoms with Crippen molar-refractivity contribution < 1.29 is 13.6 Å². The summed E-state index contributed by atoms with van der Waals surface area (Å²) in [6, 6.07) is 6.22. The van der Waals surface area contributed by atoms with E-state index < -0.39 is 11.7 Å². The second kappa shape index (κ2) is 6.28. The second-order valence-corrected chi connectivity index (χ2v) is 4.52. The van der Waals surface area contributed by atoms with Gasteiger partial charge in [-0.25, -0.2) is 4.98 Å². The average Bonchev–Trinajstić information content (AvgIpc) is 2.89. The summed E-state index contributed by atoms with van der Waals surface area (Å²) in [5, 5.41) is 8.81. The van der Waals surface area contributed by atoms with E-state index >= 15 is 0 Å². The van der Waals surface area contributed by atoms with Gasteiger partial charge >= 0.3 is 0 Å². The van der Waals surface area contributed by atoms with E-state index in [1.165, 1.54) is 18.5 Å². The van der Waals surface area contributed by atoms with Crippen LogP contribution in [0, 0.1) is 0 Å². The van der Waals surface area contributed by atoms with Crippen molar-refractivity contribution in [3.05, 3.63) is 42.0 Å². The summed E-state index contributed by atoms with van der Waals surface area (Å²) >= 11 is 0.347. The molecule has 1 heterocycles. The molecule has 8 heteroatoms. The lowest BCUT2D eigenvalue weighted by atomic mass is 10.2. The number of halogens is 2. The SMILES string of the molecule is O=C(NCc1ncn[nH]1)c1ccccc1SC(F)F. The van der Waals surface area contributed by atoms with Crippen molar-refractivity contribution in [3.8, 4) is 0 Å². The average molecular weight is 284 g/mol. The normalized spacial score (nSPS) is 10.7. The van der Waals surface area contributed by atoms with Crippen LogP contribution in [0.1, 0.15) is 16.2 Å². The number of amides is 1. The highest BCUT2D eigenvalue weighted by Crippen LogP contribution is 2.28. The molecule has 100 valence electrons. The largest absolute Gasteiger partial charge is 0.345 e. The number of benzene rings is 1. The Morgan fingerprint density at radius 2 is 2.21 bits per heavy atom. The van der Waals surface area contributed by atoms with E-state index in [0.29, 0.717) is 17.6 Å². The van der Waals surface area contributed by atoms with Crippen LogP contribution in [0.15, 0.2) is 35.5 Å². The zero-order valence-corrected chi connectivity index (χ0v) is 10.5. The first-order valence-corrected chi connectivity index (χ1v) is 6.21. The summed E-state index contributed by atoms with van der Waals surface area (Å²) in [6.45, 7) is 0.159. The predicted molar refractivity (Wildman–Crippen MR) is 65.9 cm³/mol. The molecule has 0 spiro atoms. The minimum atomic E-state index is -2.57. The molecule has 1 aromatic heterocycles. The van der Waals surface area contributed by atoms with Crippen LogP contribution in [0.4, 0.5) is 8.78 Å². The van der Waals surface area contributed by atoms with Gasteiger partial charge in [0, 0.05) is 4.90 Å². The van der Waals surface area contributed by atoms with Crippen molar-refractivity contribution in [3.63, 3.8) is 0 Å². The van der Waals surface area contributed by atoms with Crippen molar-refractivity contribution in [2.75, 3.05) is 0 Å². The van der Waals surface area contributed by atoms with Gasteiger partial charge in [-0.3, -0.25) is 9.89 Å². The van der Waals surface area contributed by atoms with E-state index in [1.54, 1.807) is 12.1 Å². The Bertz CT molecular complexity index is 547. The fraction of sp³-hybridized carbons (Fsp3) is 0.182. The van der Waals surface area contributed by atoms with E-state index in [-0.39, 0.29) is 17.0 Å². The van der Waals surface area contributed by atoms with Crippen LogP contribution in [0.3, 0.4) is 0 Å². The van der Waals surface area contributed by atoms with Crippen molar-refractivity contribution >= 4 is 17.7 Å². The molecule has 0 atom stereocenters. The molecule has 19 heavy (non-hydrogen) atoms. The van der Waals surface area contributed by atoms with E-state index in [4.69, 9.17) is 0 Å². The molecule has 1 amide bonds. The number of aromatic amines is 1. The molecular formula is C11H10F2N4OS. The van der Waals surface area contributed by atoms with Crippen LogP contribution in [0.5, 0.6) is 0 Å². The third-order valence-corrected chi connectivity index (χ3v) is 3.02. The van der Waals surface area contributed by atoms with Crippen LogP contribution in [0.2, 0.25) is 0 Å². The Balaban J connectivity index is 2.06. The minimum Gasteiger partial charge on any atom is -0.345 e. The van der Waals surface area contributed by atoms with Gasteiger partial charge in [-0.1, -0.05) is 23.9 Å². The Morgan fingerprint density at radius 3 is 2.89 bits per heavy atom. The van der Waals surface area contributed by atoms with Crippen LogP contribution < -0.4 is 5.32 Å². The van der Waals surface area contributed by atoms with Gasteiger partial charge in [0.25, 0.3) is 11.7 Å². The summed E-state index contributed by atoms with van der Waals surface area (Å²) in [7, 11) is 0. The molecule has 0 bridgehead atoms. The first kappa shape index (κ1) is 13.5. The highest BCUT2D eigenvalue weighted by Gasteiger charge is 2.15. The van der Waals surface area contributed by atoms with Crippen LogP contribution in [-0.2, 0) is 6.54 Å². The molecule has 0 radical (unpaired) electrons. The third-order valence-electron chi connectivity index (χ3n) is 2.23. The van der Waals surface area contributed by atoms with Crippen molar-refractivity contribution in [1.82, 2.24) is 20.5 Å². The van der Waals surface area contributed by atoms with Crippen molar-refractivity contribution in [2.45, 2.75) is 17.2 Å². The highest BCUT2D eigenvalue weighted by atomic mass is 32.2. The number of aromatic nitrogens is 3. The summed E-state index contributed by atoms with van der Waals surface area (Å²) in [5.41, 5.74) is 0.215. The molecule has 0 fully saturated rings. The Kier molecular flexibility index (Phi) is 4.45. The van der Waals surface area contributed by atoms with E-state index in [0.717, 1.165) is 0 Å². The maximum absolute atomic E-state index is 12.4. The first-order chi connectivity index (χ1) is 9.16. The Morgan fingerprint density at radius 1 is 1.42 bits per heavy atom. The molecule has 0 aliphatic rings. The topological polar surface area (TPSA) is 70.7 Å². The van der Waals surface area contributed by atoms with Gasteiger partial charge in [-0.15, -0.1) is 0 Å². The Labute approximate surface area is 111 Å². The minimum absolute atomic E-state index is 0.159.